The van der Waals surface area contributed by atoms with Crippen LogP contribution in [0.5, 0.6) is 0 Å². The van der Waals surface area contributed by atoms with Crippen molar-refractivity contribution in [3.05, 3.63) is 29.3 Å². The van der Waals surface area contributed by atoms with E-state index in [0.29, 0.717) is 11.1 Å². The molecule has 0 unspecified atom stereocenters. The van der Waals surface area contributed by atoms with Crippen molar-refractivity contribution in [2.24, 2.45) is 0 Å². The van der Waals surface area contributed by atoms with E-state index in [4.69, 9.17) is 4.55 Å². The van der Waals surface area contributed by atoms with Crippen LogP contribution in [0.3, 0.4) is 0 Å². The first-order chi connectivity index (χ1) is 5.41. The van der Waals surface area contributed by atoms with Crippen LogP contribution in [0, 0.1) is 19.9 Å². The summed E-state index contributed by atoms with van der Waals surface area (Å²) in [7, 11) is -4.08. The van der Waals surface area contributed by atoms with Gasteiger partial charge in [-0.2, -0.15) is 8.42 Å². The van der Waals surface area contributed by atoms with Crippen molar-refractivity contribution in [1.29, 1.82) is 0 Å². The van der Waals surface area contributed by atoms with Gasteiger partial charge >= 0.3 is 0 Å². The average molecular weight is 185 g/mol. The Bertz CT molecular complexity index is 393. The van der Waals surface area contributed by atoms with E-state index < -0.39 is 10.1 Å². The number of benzene rings is 1. The van der Waals surface area contributed by atoms with Crippen molar-refractivity contribution >= 4 is 10.1 Å². The third-order valence-corrected chi connectivity index (χ3v) is 2.53. The first-order valence-corrected chi connectivity index (χ1v) is 4.81. The topological polar surface area (TPSA) is 54.4 Å². The van der Waals surface area contributed by atoms with Crippen LogP contribution < -0.4 is 0 Å². The molecule has 0 bridgehead atoms. The van der Waals surface area contributed by atoms with E-state index in [9.17, 15) is 8.42 Å². The summed E-state index contributed by atoms with van der Waals surface area (Å²) in [6.45, 7) is 3.33. The van der Waals surface area contributed by atoms with E-state index in [2.05, 4.69) is 6.07 Å². The molecule has 0 saturated heterocycles. The van der Waals surface area contributed by atoms with Crippen LogP contribution in [0.2, 0.25) is 0 Å². The molecule has 0 fully saturated rings. The smallest absolute Gasteiger partial charge is 0.282 e. The third kappa shape index (κ3) is 1.84. The van der Waals surface area contributed by atoms with Gasteiger partial charge in [0.25, 0.3) is 10.1 Å². The maximum atomic E-state index is 10.7. The Labute approximate surface area is 71.8 Å². The van der Waals surface area contributed by atoms with Gasteiger partial charge in [0.1, 0.15) is 0 Å². The Kier molecular flexibility index (Phi) is 2.21. The average Bonchev–Trinajstić information content (AvgIpc) is 1.92. The highest BCUT2D eigenvalue weighted by molar-refractivity contribution is 7.85. The SMILES string of the molecule is Cc1[c]cc(C)c(S(=O)(=O)O)c1. The summed E-state index contributed by atoms with van der Waals surface area (Å²) in [6, 6.07) is 5.77. The molecule has 0 aliphatic carbocycles. The Morgan fingerprint density at radius 3 is 2.42 bits per heavy atom. The van der Waals surface area contributed by atoms with Crippen molar-refractivity contribution in [2.75, 3.05) is 0 Å². The van der Waals surface area contributed by atoms with Crippen molar-refractivity contribution < 1.29 is 13.0 Å². The zero-order valence-corrected chi connectivity index (χ0v) is 7.64. The summed E-state index contributed by atoms with van der Waals surface area (Å²) in [6.07, 6.45) is 0. The van der Waals surface area contributed by atoms with Gasteiger partial charge in [-0.3, -0.25) is 4.55 Å². The molecule has 0 saturated carbocycles. The maximum absolute atomic E-state index is 10.7. The minimum atomic E-state index is -4.08. The highest BCUT2D eigenvalue weighted by atomic mass is 32.2. The standard InChI is InChI=1S/C8H9O3S/c1-6-3-4-7(2)8(5-6)12(9,10)11/h4-5H,1-2H3,(H,9,10,11). The van der Waals surface area contributed by atoms with Gasteiger partial charge in [-0.15, -0.1) is 0 Å². The van der Waals surface area contributed by atoms with Crippen molar-refractivity contribution in [3.63, 3.8) is 0 Å². The lowest BCUT2D eigenvalue weighted by Gasteiger charge is -2.01. The second kappa shape index (κ2) is 2.88. The molecule has 1 aromatic rings. The molecule has 0 aliphatic heterocycles. The van der Waals surface area contributed by atoms with Gasteiger partial charge in [-0.05, 0) is 43.2 Å². The van der Waals surface area contributed by atoms with Crippen LogP contribution in [0.25, 0.3) is 0 Å². The van der Waals surface area contributed by atoms with Gasteiger partial charge in [0, 0.05) is 0 Å². The van der Waals surface area contributed by atoms with Crippen LogP contribution >= 0.6 is 0 Å². The molecule has 1 radical (unpaired) electrons. The van der Waals surface area contributed by atoms with E-state index in [1.165, 1.54) is 6.07 Å². The molecular weight excluding hydrogens is 176 g/mol. The molecule has 65 valence electrons. The lowest BCUT2D eigenvalue weighted by molar-refractivity contribution is 0.482. The maximum Gasteiger partial charge on any atom is 0.294 e. The highest BCUT2D eigenvalue weighted by Gasteiger charge is 2.12. The fraction of sp³-hybridized carbons (Fsp3) is 0.250. The van der Waals surface area contributed by atoms with Gasteiger partial charge < -0.3 is 0 Å². The Morgan fingerprint density at radius 2 is 2.00 bits per heavy atom. The van der Waals surface area contributed by atoms with Crippen LogP contribution in [-0.4, -0.2) is 13.0 Å². The number of hydrogen-bond acceptors (Lipinski definition) is 2. The molecule has 12 heavy (non-hydrogen) atoms. The summed E-state index contributed by atoms with van der Waals surface area (Å²) < 4.78 is 30.2. The molecule has 0 atom stereocenters. The molecule has 3 nitrogen and oxygen atoms in total. The van der Waals surface area contributed by atoms with Crippen LogP contribution in [0.15, 0.2) is 17.0 Å². The molecule has 1 aromatic carbocycles. The zero-order chi connectivity index (χ0) is 9.35. The van der Waals surface area contributed by atoms with Crippen LogP contribution in [0.4, 0.5) is 0 Å². The van der Waals surface area contributed by atoms with E-state index in [-0.39, 0.29) is 4.90 Å². The fourth-order valence-electron chi connectivity index (χ4n) is 0.923. The fourth-order valence-corrected chi connectivity index (χ4v) is 1.71. The predicted octanol–water partition coefficient (Wildman–Crippen LogP) is 1.35. The molecule has 4 heteroatoms. The van der Waals surface area contributed by atoms with E-state index in [1.54, 1.807) is 19.9 Å². The largest absolute Gasteiger partial charge is 0.294 e. The lowest BCUT2D eigenvalue weighted by atomic mass is 10.2. The molecular formula is C8H9O3S. The molecule has 0 aromatic heterocycles. The summed E-state index contributed by atoms with van der Waals surface area (Å²) in [5, 5.41) is 0. The Morgan fingerprint density at radius 1 is 1.42 bits per heavy atom. The number of aryl methyl sites for hydroxylation is 2. The minimum Gasteiger partial charge on any atom is -0.282 e. The van der Waals surface area contributed by atoms with Gasteiger partial charge in [-0.25, -0.2) is 0 Å². The summed E-state index contributed by atoms with van der Waals surface area (Å²) >= 11 is 0. The monoisotopic (exact) mass is 185 g/mol. The van der Waals surface area contributed by atoms with E-state index in [1.807, 2.05) is 0 Å². The zero-order valence-electron chi connectivity index (χ0n) is 6.83. The van der Waals surface area contributed by atoms with Gasteiger partial charge in [-0.1, -0.05) is 0 Å². The normalized spacial score (nSPS) is 11.6. The first-order valence-electron chi connectivity index (χ1n) is 3.37. The van der Waals surface area contributed by atoms with Gasteiger partial charge in [0.2, 0.25) is 0 Å². The number of rotatable bonds is 1. The highest BCUT2D eigenvalue weighted by Crippen LogP contribution is 2.15. The summed E-state index contributed by atoms with van der Waals surface area (Å²) in [5.41, 5.74) is 1.19. The molecule has 0 heterocycles. The lowest BCUT2D eigenvalue weighted by Crippen LogP contribution is -2.01. The number of hydrogen-bond donors (Lipinski definition) is 1. The second-order valence-corrected chi connectivity index (χ2v) is 4.03. The third-order valence-electron chi connectivity index (χ3n) is 1.53. The first kappa shape index (κ1) is 9.22. The Hall–Kier alpha value is -0.870. The summed E-state index contributed by atoms with van der Waals surface area (Å²) in [4.78, 5) is -0.0428. The predicted molar refractivity (Wildman–Crippen MR) is 44.6 cm³/mol. The van der Waals surface area contributed by atoms with Crippen molar-refractivity contribution in [3.8, 4) is 0 Å². The second-order valence-electron chi connectivity index (χ2n) is 2.64. The van der Waals surface area contributed by atoms with Crippen LogP contribution in [0.1, 0.15) is 11.1 Å². The minimum absolute atomic E-state index is 0.0428. The Balaban J connectivity index is 3.43. The molecule has 1 rings (SSSR count). The molecule has 0 aliphatic rings. The van der Waals surface area contributed by atoms with Crippen LogP contribution in [-0.2, 0) is 10.1 Å². The van der Waals surface area contributed by atoms with E-state index >= 15 is 0 Å². The van der Waals surface area contributed by atoms with E-state index in [0.717, 1.165) is 0 Å². The molecule has 0 spiro atoms. The van der Waals surface area contributed by atoms with Crippen molar-refractivity contribution in [1.82, 2.24) is 0 Å². The van der Waals surface area contributed by atoms with Gasteiger partial charge in [0.05, 0.1) is 4.90 Å². The summed E-state index contributed by atoms with van der Waals surface area (Å²) in [5.74, 6) is 0. The quantitative estimate of drug-likeness (QED) is 0.672. The molecule has 0 amide bonds. The van der Waals surface area contributed by atoms with Gasteiger partial charge in [0.15, 0.2) is 0 Å². The van der Waals surface area contributed by atoms with Crippen molar-refractivity contribution in [2.45, 2.75) is 18.7 Å². The molecule has 1 N–H and O–H groups in total.